The van der Waals surface area contributed by atoms with Gasteiger partial charge in [0.25, 0.3) is 0 Å². The Hall–Kier alpha value is -1.50. The molecule has 3 rings (SSSR count). The summed E-state index contributed by atoms with van der Waals surface area (Å²) in [6, 6.07) is 12.7. The van der Waals surface area contributed by atoms with Crippen molar-refractivity contribution in [1.82, 2.24) is 0 Å². The molecule has 0 bridgehead atoms. The highest BCUT2D eigenvalue weighted by Gasteiger charge is 2.49. The summed E-state index contributed by atoms with van der Waals surface area (Å²) in [5.41, 5.74) is 1.36. The molecule has 0 heterocycles. The number of fused-ring (bicyclic) bond motifs is 1. The molecule has 0 radical (unpaired) electrons. The molecule has 0 aromatic heterocycles. The molecule has 0 amide bonds. The van der Waals surface area contributed by atoms with Crippen LogP contribution in [-0.4, -0.2) is 11.7 Å². The minimum Gasteiger partial charge on any atom is -0.489 e. The number of hydrogen-bond donors (Lipinski definition) is 0. The van der Waals surface area contributed by atoms with E-state index in [0.29, 0.717) is 14.9 Å². The molecule has 0 aliphatic heterocycles. The van der Waals surface area contributed by atoms with Crippen molar-refractivity contribution >= 4 is 28.4 Å². The normalized spacial score (nSPS) is 15.9. The van der Waals surface area contributed by atoms with E-state index in [2.05, 4.69) is 0 Å². The summed E-state index contributed by atoms with van der Waals surface area (Å²) < 4.78 is 33.5. The Labute approximate surface area is 134 Å². The molecular weight excluding hydrogens is 389 g/mol. The summed E-state index contributed by atoms with van der Waals surface area (Å²) in [7, 11) is 0. The lowest BCUT2D eigenvalue weighted by Gasteiger charge is -2.11. The molecule has 1 aliphatic rings. The van der Waals surface area contributed by atoms with E-state index >= 15 is 0 Å². The van der Waals surface area contributed by atoms with Gasteiger partial charge in [0.1, 0.15) is 12.4 Å². The van der Waals surface area contributed by atoms with E-state index in [1.807, 2.05) is 52.9 Å². The number of ether oxygens (including phenoxy) is 1. The predicted molar refractivity (Wildman–Crippen MR) is 82.9 cm³/mol. The number of hydrogen-bond acceptors (Lipinski definition) is 2. The molecule has 0 N–H and O–H groups in total. The summed E-state index contributed by atoms with van der Waals surface area (Å²) in [6.07, 6.45) is -0.581. The molecule has 0 fully saturated rings. The minimum absolute atomic E-state index is 0.103. The first kappa shape index (κ1) is 14.4. The van der Waals surface area contributed by atoms with Crippen LogP contribution in [0.15, 0.2) is 42.5 Å². The lowest BCUT2D eigenvalue weighted by Crippen LogP contribution is -2.24. The van der Waals surface area contributed by atoms with Gasteiger partial charge in [-0.3, -0.25) is 4.79 Å². The molecule has 0 unspecified atom stereocenters. The first-order valence-corrected chi connectivity index (χ1v) is 7.47. The Balaban J connectivity index is 1.91. The first-order valence-electron chi connectivity index (χ1n) is 6.40. The fourth-order valence-corrected chi connectivity index (χ4v) is 3.13. The van der Waals surface area contributed by atoms with Crippen LogP contribution in [0.3, 0.4) is 0 Å². The highest BCUT2D eigenvalue weighted by atomic mass is 127. The SMILES string of the molecule is O=C1c2c(I)ccc(OCc3ccccc3)c2CC1(F)F. The van der Waals surface area contributed by atoms with Crippen LogP contribution in [0.2, 0.25) is 0 Å². The van der Waals surface area contributed by atoms with Crippen molar-refractivity contribution in [2.75, 3.05) is 0 Å². The fraction of sp³-hybridized carbons (Fsp3) is 0.188. The third-order valence-electron chi connectivity index (χ3n) is 3.41. The van der Waals surface area contributed by atoms with E-state index in [1.165, 1.54) is 0 Å². The van der Waals surface area contributed by atoms with Gasteiger partial charge in [-0.2, -0.15) is 8.78 Å². The zero-order chi connectivity index (χ0) is 15.0. The molecule has 0 saturated carbocycles. The largest absolute Gasteiger partial charge is 0.489 e. The van der Waals surface area contributed by atoms with Crippen LogP contribution >= 0.6 is 22.6 Å². The second-order valence-corrected chi connectivity index (χ2v) is 6.05. The van der Waals surface area contributed by atoms with E-state index in [0.717, 1.165) is 5.56 Å². The van der Waals surface area contributed by atoms with Crippen molar-refractivity contribution < 1.29 is 18.3 Å². The molecule has 1 aliphatic carbocycles. The minimum atomic E-state index is -3.32. The molecule has 108 valence electrons. The predicted octanol–water partition coefficient (Wildman–Crippen LogP) is 4.24. The van der Waals surface area contributed by atoms with Gasteiger partial charge in [0.05, 0.1) is 0 Å². The number of rotatable bonds is 3. The van der Waals surface area contributed by atoms with Crippen LogP contribution in [-0.2, 0) is 13.0 Å². The second-order valence-electron chi connectivity index (χ2n) is 4.88. The van der Waals surface area contributed by atoms with Crippen molar-refractivity contribution in [3.63, 3.8) is 0 Å². The van der Waals surface area contributed by atoms with Crippen molar-refractivity contribution in [2.45, 2.75) is 19.0 Å². The second kappa shape index (κ2) is 5.36. The summed E-state index contributed by atoms with van der Waals surface area (Å²) in [5, 5.41) is 0. The van der Waals surface area contributed by atoms with Crippen molar-refractivity contribution in [1.29, 1.82) is 0 Å². The number of Topliss-reactive ketones (excluding diaryl/α,β-unsaturated/α-hetero) is 1. The Bertz CT molecular complexity index is 699. The molecule has 2 aromatic rings. The van der Waals surface area contributed by atoms with Crippen LogP contribution in [0, 0.1) is 3.57 Å². The molecule has 0 saturated heterocycles. The summed E-state index contributed by atoms with van der Waals surface area (Å²) in [4.78, 5) is 11.8. The molecule has 0 atom stereocenters. The Morgan fingerprint density at radius 1 is 1.14 bits per heavy atom. The Morgan fingerprint density at radius 3 is 2.57 bits per heavy atom. The zero-order valence-corrected chi connectivity index (χ0v) is 13.1. The number of halogens is 3. The van der Waals surface area contributed by atoms with E-state index in [9.17, 15) is 13.6 Å². The topological polar surface area (TPSA) is 26.3 Å². The summed E-state index contributed by atoms with van der Waals surface area (Å²) in [5.74, 6) is -4.07. The van der Waals surface area contributed by atoms with Gasteiger partial charge in [-0.1, -0.05) is 30.3 Å². The number of carbonyl (C=O) groups is 1. The lowest BCUT2D eigenvalue weighted by molar-refractivity contribution is 0.0165. The number of alkyl halides is 2. The van der Waals surface area contributed by atoms with E-state index in [1.54, 1.807) is 12.1 Å². The smallest absolute Gasteiger partial charge is 0.313 e. The molecular formula is C16H11F2IO2. The van der Waals surface area contributed by atoms with Crippen LogP contribution in [0.1, 0.15) is 21.5 Å². The third kappa shape index (κ3) is 2.66. The van der Waals surface area contributed by atoms with Gasteiger partial charge in [0.15, 0.2) is 0 Å². The molecule has 5 heteroatoms. The maximum absolute atomic E-state index is 13.6. The maximum atomic E-state index is 13.6. The number of carbonyl (C=O) groups excluding carboxylic acids is 1. The Morgan fingerprint density at radius 2 is 1.86 bits per heavy atom. The Kier molecular flexibility index (Phi) is 3.69. The monoisotopic (exact) mass is 400 g/mol. The van der Waals surface area contributed by atoms with Gasteiger partial charge < -0.3 is 4.74 Å². The van der Waals surface area contributed by atoms with Crippen LogP contribution in [0.4, 0.5) is 8.78 Å². The molecule has 0 spiro atoms. The van der Waals surface area contributed by atoms with Gasteiger partial charge >= 0.3 is 5.92 Å². The third-order valence-corrected chi connectivity index (χ3v) is 4.31. The van der Waals surface area contributed by atoms with Gasteiger partial charge in [0, 0.05) is 21.1 Å². The van der Waals surface area contributed by atoms with Crippen LogP contribution < -0.4 is 4.74 Å². The average molecular weight is 400 g/mol. The van der Waals surface area contributed by atoms with Crippen LogP contribution in [0.25, 0.3) is 0 Å². The van der Waals surface area contributed by atoms with E-state index < -0.39 is 18.1 Å². The van der Waals surface area contributed by atoms with Gasteiger partial charge in [-0.15, -0.1) is 0 Å². The molecule has 21 heavy (non-hydrogen) atoms. The molecule has 2 nitrogen and oxygen atoms in total. The van der Waals surface area contributed by atoms with Crippen molar-refractivity contribution in [2.24, 2.45) is 0 Å². The average Bonchev–Trinajstić information content (AvgIpc) is 2.71. The van der Waals surface area contributed by atoms with Gasteiger partial charge in [-0.05, 0) is 40.3 Å². The summed E-state index contributed by atoms with van der Waals surface area (Å²) >= 11 is 1.90. The lowest BCUT2D eigenvalue weighted by atomic mass is 10.1. The van der Waals surface area contributed by atoms with Gasteiger partial charge in [0.2, 0.25) is 5.78 Å². The molecule has 2 aromatic carbocycles. The fourth-order valence-electron chi connectivity index (χ4n) is 2.38. The number of benzene rings is 2. The van der Waals surface area contributed by atoms with Crippen LogP contribution in [0.5, 0.6) is 5.75 Å². The summed E-state index contributed by atoms with van der Waals surface area (Å²) in [6.45, 7) is 0.285. The zero-order valence-electron chi connectivity index (χ0n) is 10.9. The maximum Gasteiger partial charge on any atom is 0.313 e. The van der Waals surface area contributed by atoms with E-state index in [4.69, 9.17) is 4.74 Å². The van der Waals surface area contributed by atoms with Crippen molar-refractivity contribution in [3.05, 3.63) is 62.7 Å². The number of ketones is 1. The quantitative estimate of drug-likeness (QED) is 0.721. The van der Waals surface area contributed by atoms with Crippen molar-refractivity contribution in [3.8, 4) is 5.75 Å². The standard InChI is InChI=1S/C16H11F2IO2/c17-16(18)8-11-13(7-6-12(19)14(11)15(16)20)21-9-10-4-2-1-3-5-10/h1-7H,8-9H2. The highest BCUT2D eigenvalue weighted by molar-refractivity contribution is 14.1. The first-order chi connectivity index (χ1) is 9.99. The van der Waals surface area contributed by atoms with E-state index in [-0.39, 0.29) is 12.2 Å². The highest BCUT2D eigenvalue weighted by Crippen LogP contribution is 2.41. The van der Waals surface area contributed by atoms with Gasteiger partial charge in [-0.25, -0.2) is 0 Å².